The van der Waals surface area contributed by atoms with Gasteiger partial charge in [-0.2, -0.15) is 0 Å². The second-order valence-electron chi connectivity index (χ2n) is 3.76. The van der Waals surface area contributed by atoms with Crippen LogP contribution in [0.4, 0.5) is 0 Å². The lowest BCUT2D eigenvalue weighted by molar-refractivity contribution is -0.135. The molecule has 0 bridgehead atoms. The molecule has 0 aliphatic rings. The number of ether oxygens (including phenoxy) is 2. The Kier molecular flexibility index (Phi) is 5.94. The third kappa shape index (κ3) is 6.66. The Morgan fingerprint density at radius 3 is 2.38 bits per heavy atom. The van der Waals surface area contributed by atoms with Gasteiger partial charge in [0.2, 0.25) is 0 Å². The van der Waals surface area contributed by atoms with Crippen molar-refractivity contribution < 1.29 is 19.1 Å². The third-order valence-electron chi connectivity index (χ3n) is 1.77. The average molecular weight is 224 g/mol. The predicted octanol–water partition coefficient (Wildman–Crippen LogP) is 1.31. The second kappa shape index (κ2) is 6.67. The topological polar surface area (TPSA) is 52.6 Å². The number of hydrogen-bond donors (Lipinski definition) is 0. The highest BCUT2D eigenvalue weighted by Crippen LogP contribution is 2.19. The van der Waals surface area contributed by atoms with E-state index in [4.69, 9.17) is 0 Å². The number of rotatable bonds is 3. The molecule has 0 atom stereocenters. The van der Waals surface area contributed by atoms with Crippen LogP contribution in [-0.4, -0.2) is 26.2 Å². The van der Waals surface area contributed by atoms with E-state index in [0.29, 0.717) is 6.42 Å². The van der Waals surface area contributed by atoms with E-state index < -0.39 is 17.4 Å². The van der Waals surface area contributed by atoms with Crippen LogP contribution in [0.3, 0.4) is 0 Å². The zero-order valence-electron chi connectivity index (χ0n) is 9.99. The molecule has 0 aliphatic heterocycles. The highest BCUT2D eigenvalue weighted by molar-refractivity contribution is 5.88. The van der Waals surface area contributed by atoms with Crippen molar-refractivity contribution in [1.29, 1.82) is 0 Å². The number of hydrogen-bond acceptors (Lipinski definition) is 4. The molecule has 16 heavy (non-hydrogen) atoms. The molecule has 0 aromatic rings. The van der Waals surface area contributed by atoms with E-state index in [-0.39, 0.29) is 0 Å². The van der Waals surface area contributed by atoms with E-state index in [1.54, 1.807) is 6.08 Å². The minimum Gasteiger partial charge on any atom is -0.466 e. The minimum atomic E-state index is -0.565. The lowest BCUT2D eigenvalue weighted by Crippen LogP contribution is -2.08. The van der Waals surface area contributed by atoms with Crippen LogP contribution in [0, 0.1) is 17.3 Å². The first-order chi connectivity index (χ1) is 7.41. The molecule has 0 aromatic carbocycles. The SMILES string of the molecule is COC(=O)C#CC(C)(C)C/C=C/C(=O)OC. The van der Waals surface area contributed by atoms with Gasteiger partial charge in [-0.15, -0.1) is 0 Å². The first-order valence-electron chi connectivity index (χ1n) is 4.77. The molecule has 0 saturated carbocycles. The number of esters is 2. The van der Waals surface area contributed by atoms with Crippen molar-refractivity contribution in [1.82, 2.24) is 0 Å². The summed E-state index contributed by atoms with van der Waals surface area (Å²) in [6.45, 7) is 3.73. The summed E-state index contributed by atoms with van der Waals surface area (Å²) in [4.78, 5) is 21.6. The van der Waals surface area contributed by atoms with Crippen molar-refractivity contribution in [2.45, 2.75) is 20.3 Å². The lowest BCUT2D eigenvalue weighted by atomic mass is 9.90. The first kappa shape index (κ1) is 14.2. The smallest absolute Gasteiger partial charge is 0.384 e. The Hall–Kier alpha value is -1.76. The molecule has 0 aromatic heterocycles. The standard InChI is InChI=1S/C12H16O4/c1-12(2,9-7-11(14)16-4)8-5-6-10(13)15-3/h5-6H,8H2,1-4H3/b6-5+. The second-order valence-corrected chi connectivity index (χ2v) is 3.76. The van der Waals surface area contributed by atoms with E-state index in [2.05, 4.69) is 21.3 Å². The first-order valence-corrected chi connectivity index (χ1v) is 4.77. The predicted molar refractivity (Wildman–Crippen MR) is 59.3 cm³/mol. The van der Waals surface area contributed by atoms with Crippen LogP contribution in [0.1, 0.15) is 20.3 Å². The maximum absolute atomic E-state index is 10.8. The zero-order valence-corrected chi connectivity index (χ0v) is 9.99. The van der Waals surface area contributed by atoms with Gasteiger partial charge in [0.15, 0.2) is 0 Å². The summed E-state index contributed by atoms with van der Waals surface area (Å²) >= 11 is 0. The van der Waals surface area contributed by atoms with Gasteiger partial charge in [-0.05, 0) is 20.3 Å². The summed E-state index contributed by atoms with van der Waals surface area (Å²) < 4.78 is 8.85. The normalized spacial score (nSPS) is 10.5. The molecule has 0 aliphatic carbocycles. The fraction of sp³-hybridized carbons (Fsp3) is 0.500. The number of carbonyl (C=O) groups is 2. The van der Waals surface area contributed by atoms with Crippen molar-refractivity contribution >= 4 is 11.9 Å². The summed E-state index contributed by atoms with van der Waals surface area (Å²) in [6, 6.07) is 0. The Morgan fingerprint density at radius 1 is 1.25 bits per heavy atom. The van der Waals surface area contributed by atoms with Crippen LogP contribution in [-0.2, 0) is 19.1 Å². The van der Waals surface area contributed by atoms with Gasteiger partial charge in [0.05, 0.1) is 14.2 Å². The van der Waals surface area contributed by atoms with Crippen molar-refractivity contribution in [3.8, 4) is 11.8 Å². The molecule has 0 rings (SSSR count). The van der Waals surface area contributed by atoms with Crippen LogP contribution in [0.2, 0.25) is 0 Å². The Bertz CT molecular complexity index is 342. The fourth-order valence-electron chi connectivity index (χ4n) is 0.840. The Balaban J connectivity index is 4.33. The summed E-state index contributed by atoms with van der Waals surface area (Å²) in [6.07, 6.45) is 3.55. The van der Waals surface area contributed by atoms with Crippen LogP contribution < -0.4 is 0 Å². The highest BCUT2D eigenvalue weighted by atomic mass is 16.5. The third-order valence-corrected chi connectivity index (χ3v) is 1.77. The largest absolute Gasteiger partial charge is 0.466 e. The van der Waals surface area contributed by atoms with Crippen molar-refractivity contribution in [3.63, 3.8) is 0 Å². The van der Waals surface area contributed by atoms with Gasteiger partial charge in [-0.25, -0.2) is 9.59 Å². The van der Waals surface area contributed by atoms with Crippen LogP contribution in [0.25, 0.3) is 0 Å². The molecular weight excluding hydrogens is 208 g/mol. The van der Waals surface area contributed by atoms with Crippen molar-refractivity contribution in [3.05, 3.63) is 12.2 Å². The van der Waals surface area contributed by atoms with Crippen molar-refractivity contribution in [2.24, 2.45) is 5.41 Å². The molecule has 0 heterocycles. The molecule has 0 N–H and O–H groups in total. The number of carbonyl (C=O) groups excluding carboxylic acids is 2. The maximum Gasteiger partial charge on any atom is 0.384 e. The lowest BCUT2D eigenvalue weighted by Gasteiger charge is -2.13. The minimum absolute atomic E-state index is 0.390. The van der Waals surface area contributed by atoms with Crippen LogP contribution in [0.5, 0.6) is 0 Å². The summed E-state index contributed by atoms with van der Waals surface area (Å²) in [5.74, 6) is 4.17. The monoisotopic (exact) mass is 224 g/mol. The van der Waals surface area contributed by atoms with E-state index in [0.717, 1.165) is 0 Å². The maximum atomic E-state index is 10.8. The summed E-state index contributed by atoms with van der Waals surface area (Å²) in [7, 11) is 2.59. The van der Waals surface area contributed by atoms with Gasteiger partial charge < -0.3 is 9.47 Å². The van der Waals surface area contributed by atoms with Gasteiger partial charge in [-0.1, -0.05) is 12.0 Å². The van der Waals surface area contributed by atoms with Crippen LogP contribution >= 0.6 is 0 Å². The molecular formula is C12H16O4. The molecule has 0 saturated heterocycles. The molecule has 88 valence electrons. The van der Waals surface area contributed by atoms with Gasteiger partial charge >= 0.3 is 11.9 Å². The van der Waals surface area contributed by atoms with Gasteiger partial charge in [0.25, 0.3) is 0 Å². The molecule has 0 unspecified atom stereocenters. The van der Waals surface area contributed by atoms with E-state index in [1.165, 1.54) is 20.3 Å². The highest BCUT2D eigenvalue weighted by Gasteiger charge is 2.12. The number of methoxy groups -OCH3 is 2. The molecule has 0 fully saturated rings. The average Bonchev–Trinajstić information content (AvgIpc) is 2.25. The van der Waals surface area contributed by atoms with Gasteiger partial charge in [0, 0.05) is 17.4 Å². The van der Waals surface area contributed by atoms with Crippen molar-refractivity contribution in [2.75, 3.05) is 14.2 Å². The quantitative estimate of drug-likeness (QED) is 0.314. The fourth-order valence-corrected chi connectivity index (χ4v) is 0.840. The van der Waals surface area contributed by atoms with Gasteiger partial charge in [-0.3, -0.25) is 0 Å². The summed E-state index contributed by atoms with van der Waals surface area (Å²) in [5.41, 5.74) is -0.390. The summed E-state index contributed by atoms with van der Waals surface area (Å²) in [5, 5.41) is 0. The Labute approximate surface area is 95.6 Å². The van der Waals surface area contributed by atoms with Gasteiger partial charge in [0.1, 0.15) is 0 Å². The number of allylic oxidation sites excluding steroid dienone is 1. The molecule has 0 amide bonds. The van der Waals surface area contributed by atoms with E-state index in [1.807, 2.05) is 13.8 Å². The van der Waals surface area contributed by atoms with E-state index in [9.17, 15) is 9.59 Å². The molecule has 0 radical (unpaired) electrons. The molecule has 4 heteroatoms. The molecule has 4 nitrogen and oxygen atoms in total. The van der Waals surface area contributed by atoms with Crippen LogP contribution in [0.15, 0.2) is 12.2 Å². The molecule has 0 spiro atoms. The zero-order chi connectivity index (χ0) is 12.6. The Morgan fingerprint density at radius 2 is 1.88 bits per heavy atom. The van der Waals surface area contributed by atoms with E-state index >= 15 is 0 Å².